The van der Waals surface area contributed by atoms with Crippen molar-refractivity contribution in [1.82, 2.24) is 20.2 Å². The molecular formula is C13H11N5OS2. The highest BCUT2D eigenvalue weighted by Gasteiger charge is 2.17. The second kappa shape index (κ2) is 5.66. The van der Waals surface area contributed by atoms with Crippen LogP contribution in [0.2, 0.25) is 0 Å². The Morgan fingerprint density at radius 1 is 1.14 bits per heavy atom. The first-order chi connectivity index (χ1) is 10.1. The SMILES string of the molecule is Cc1nnc(NC(=O)c2sc(-c3ccncc3)nc2C)s1. The molecule has 8 heteroatoms. The summed E-state index contributed by atoms with van der Waals surface area (Å²) in [5, 5.41) is 12.6. The quantitative estimate of drug-likeness (QED) is 0.803. The van der Waals surface area contributed by atoms with Crippen molar-refractivity contribution in [3.05, 3.63) is 40.1 Å². The van der Waals surface area contributed by atoms with E-state index >= 15 is 0 Å². The van der Waals surface area contributed by atoms with Crippen LogP contribution in [0.4, 0.5) is 5.13 Å². The number of nitrogens with one attached hydrogen (secondary N) is 1. The number of hydrogen-bond donors (Lipinski definition) is 1. The highest BCUT2D eigenvalue weighted by molar-refractivity contribution is 7.17. The van der Waals surface area contributed by atoms with Crippen molar-refractivity contribution in [2.45, 2.75) is 13.8 Å². The number of pyridine rings is 1. The van der Waals surface area contributed by atoms with Gasteiger partial charge in [0.25, 0.3) is 5.91 Å². The number of anilines is 1. The molecule has 3 aromatic heterocycles. The lowest BCUT2D eigenvalue weighted by Crippen LogP contribution is -2.11. The number of carbonyl (C=O) groups is 1. The van der Waals surface area contributed by atoms with E-state index in [2.05, 4.69) is 25.5 Å². The average molecular weight is 317 g/mol. The van der Waals surface area contributed by atoms with Crippen LogP contribution in [0.3, 0.4) is 0 Å². The molecule has 3 aromatic rings. The summed E-state index contributed by atoms with van der Waals surface area (Å²) in [6, 6.07) is 3.74. The normalized spacial score (nSPS) is 10.6. The van der Waals surface area contributed by atoms with Crippen LogP contribution in [-0.2, 0) is 0 Å². The third-order valence-corrected chi connectivity index (χ3v) is 4.64. The Kier molecular flexibility index (Phi) is 3.72. The number of nitrogens with zero attached hydrogens (tertiary/aromatic N) is 4. The van der Waals surface area contributed by atoms with Crippen molar-refractivity contribution in [1.29, 1.82) is 0 Å². The minimum Gasteiger partial charge on any atom is -0.296 e. The van der Waals surface area contributed by atoms with E-state index in [1.165, 1.54) is 22.7 Å². The molecule has 1 amide bonds. The van der Waals surface area contributed by atoms with Gasteiger partial charge in [0.05, 0.1) is 5.69 Å². The Morgan fingerprint density at radius 3 is 2.57 bits per heavy atom. The van der Waals surface area contributed by atoms with Crippen LogP contribution in [0.1, 0.15) is 20.4 Å². The predicted molar refractivity (Wildman–Crippen MR) is 82.7 cm³/mol. The monoisotopic (exact) mass is 317 g/mol. The average Bonchev–Trinajstić information content (AvgIpc) is 3.06. The molecule has 3 rings (SSSR count). The Hall–Kier alpha value is -2.19. The molecule has 0 atom stereocenters. The molecule has 3 heterocycles. The second-order valence-electron chi connectivity index (χ2n) is 4.25. The van der Waals surface area contributed by atoms with E-state index < -0.39 is 0 Å². The molecule has 0 bridgehead atoms. The Labute approximate surface area is 128 Å². The summed E-state index contributed by atoms with van der Waals surface area (Å²) in [5.74, 6) is -0.207. The van der Waals surface area contributed by atoms with Gasteiger partial charge < -0.3 is 0 Å². The molecule has 106 valence electrons. The largest absolute Gasteiger partial charge is 0.296 e. The summed E-state index contributed by atoms with van der Waals surface area (Å²) in [6.07, 6.45) is 3.41. The van der Waals surface area contributed by atoms with Crippen LogP contribution >= 0.6 is 22.7 Å². The molecular weight excluding hydrogens is 306 g/mol. The van der Waals surface area contributed by atoms with Gasteiger partial charge in [0.1, 0.15) is 14.9 Å². The summed E-state index contributed by atoms with van der Waals surface area (Å²) in [4.78, 5) is 21.3. The molecule has 0 aromatic carbocycles. The summed E-state index contributed by atoms with van der Waals surface area (Å²) < 4.78 is 0. The summed E-state index contributed by atoms with van der Waals surface area (Å²) >= 11 is 2.69. The molecule has 0 aliphatic heterocycles. The molecule has 0 spiro atoms. The van der Waals surface area contributed by atoms with Crippen LogP contribution in [0.25, 0.3) is 10.6 Å². The van der Waals surface area contributed by atoms with E-state index in [1.54, 1.807) is 12.4 Å². The van der Waals surface area contributed by atoms with Gasteiger partial charge in [-0.15, -0.1) is 21.5 Å². The first kappa shape index (κ1) is 13.8. The maximum atomic E-state index is 12.3. The topological polar surface area (TPSA) is 80.7 Å². The fourth-order valence-corrected chi connectivity index (χ4v) is 3.28. The molecule has 0 aliphatic rings. The van der Waals surface area contributed by atoms with Gasteiger partial charge in [-0.2, -0.15) is 0 Å². The number of rotatable bonds is 3. The maximum Gasteiger partial charge on any atom is 0.269 e. The lowest BCUT2D eigenvalue weighted by Gasteiger charge is -1.97. The van der Waals surface area contributed by atoms with E-state index in [1.807, 2.05) is 26.0 Å². The molecule has 21 heavy (non-hydrogen) atoms. The first-order valence-corrected chi connectivity index (χ1v) is 7.76. The van der Waals surface area contributed by atoms with Crippen molar-refractivity contribution in [3.8, 4) is 10.6 Å². The minimum absolute atomic E-state index is 0.207. The zero-order valence-corrected chi connectivity index (χ0v) is 13.0. The molecule has 0 fully saturated rings. The molecule has 0 saturated heterocycles. The summed E-state index contributed by atoms with van der Waals surface area (Å²) in [5.41, 5.74) is 1.65. The molecule has 6 nitrogen and oxygen atoms in total. The maximum absolute atomic E-state index is 12.3. The van der Waals surface area contributed by atoms with Gasteiger partial charge in [-0.1, -0.05) is 11.3 Å². The fraction of sp³-hybridized carbons (Fsp3) is 0.154. The number of thiazole rings is 1. The molecule has 0 radical (unpaired) electrons. The lowest BCUT2D eigenvalue weighted by atomic mass is 10.3. The highest BCUT2D eigenvalue weighted by atomic mass is 32.1. The zero-order chi connectivity index (χ0) is 14.8. The second-order valence-corrected chi connectivity index (χ2v) is 6.43. The van der Waals surface area contributed by atoms with Gasteiger partial charge in [-0.05, 0) is 26.0 Å². The Bertz CT molecular complexity index is 781. The van der Waals surface area contributed by atoms with E-state index in [0.29, 0.717) is 15.7 Å². The standard InChI is InChI=1S/C13H11N5OS2/c1-7-10(11(19)16-13-18-17-8(2)20-13)21-12(15-7)9-3-5-14-6-4-9/h3-6H,1-2H3,(H,16,18,19). The van der Waals surface area contributed by atoms with Crippen molar-refractivity contribution < 1.29 is 4.79 Å². The summed E-state index contributed by atoms with van der Waals surface area (Å²) in [7, 11) is 0. The molecule has 1 N–H and O–H groups in total. The number of aromatic nitrogens is 4. The first-order valence-electron chi connectivity index (χ1n) is 6.13. The number of hydrogen-bond acceptors (Lipinski definition) is 7. The molecule has 0 unspecified atom stereocenters. The van der Waals surface area contributed by atoms with Gasteiger partial charge in [0.2, 0.25) is 5.13 Å². The van der Waals surface area contributed by atoms with Gasteiger partial charge in [-0.3, -0.25) is 15.1 Å². The summed E-state index contributed by atoms with van der Waals surface area (Å²) in [6.45, 7) is 3.66. The number of aryl methyl sites for hydroxylation is 2. The smallest absolute Gasteiger partial charge is 0.269 e. The van der Waals surface area contributed by atoms with Crippen LogP contribution in [0, 0.1) is 13.8 Å². The van der Waals surface area contributed by atoms with Gasteiger partial charge in [0.15, 0.2) is 0 Å². The Morgan fingerprint density at radius 2 is 1.90 bits per heavy atom. The number of amides is 1. The van der Waals surface area contributed by atoms with Crippen molar-refractivity contribution >= 4 is 33.7 Å². The Balaban J connectivity index is 1.86. The zero-order valence-electron chi connectivity index (χ0n) is 11.3. The number of carbonyl (C=O) groups excluding carboxylic acids is 1. The van der Waals surface area contributed by atoms with Crippen LogP contribution in [0.5, 0.6) is 0 Å². The van der Waals surface area contributed by atoms with Crippen LogP contribution in [0.15, 0.2) is 24.5 Å². The van der Waals surface area contributed by atoms with Crippen molar-refractivity contribution in [2.24, 2.45) is 0 Å². The minimum atomic E-state index is -0.207. The predicted octanol–water partition coefficient (Wildman–Crippen LogP) is 2.93. The van der Waals surface area contributed by atoms with Crippen LogP contribution in [-0.4, -0.2) is 26.1 Å². The molecule has 0 aliphatic carbocycles. The van der Waals surface area contributed by atoms with E-state index in [-0.39, 0.29) is 5.91 Å². The molecule has 0 saturated carbocycles. The van der Waals surface area contributed by atoms with Crippen molar-refractivity contribution in [2.75, 3.05) is 5.32 Å². The van der Waals surface area contributed by atoms with Crippen LogP contribution < -0.4 is 5.32 Å². The third-order valence-electron chi connectivity index (χ3n) is 2.68. The van der Waals surface area contributed by atoms with Crippen molar-refractivity contribution in [3.63, 3.8) is 0 Å². The van der Waals surface area contributed by atoms with E-state index in [4.69, 9.17) is 0 Å². The van der Waals surface area contributed by atoms with Gasteiger partial charge in [-0.25, -0.2) is 4.98 Å². The van der Waals surface area contributed by atoms with E-state index in [0.717, 1.165) is 15.6 Å². The lowest BCUT2D eigenvalue weighted by molar-refractivity contribution is 0.102. The highest BCUT2D eigenvalue weighted by Crippen LogP contribution is 2.28. The van der Waals surface area contributed by atoms with Gasteiger partial charge in [0, 0.05) is 18.0 Å². The third kappa shape index (κ3) is 2.96. The fourth-order valence-electron chi connectivity index (χ4n) is 1.73. The van der Waals surface area contributed by atoms with Gasteiger partial charge >= 0.3 is 0 Å². The van der Waals surface area contributed by atoms with E-state index in [9.17, 15) is 4.79 Å².